The molecule has 14 heavy (non-hydrogen) atoms. The molecule has 0 aliphatic rings. The number of rotatable bonds is 1. The van der Waals surface area contributed by atoms with Gasteiger partial charge in [-0.05, 0) is 11.6 Å². The molecule has 76 valence electrons. The first-order valence-electron chi connectivity index (χ1n) is 4.08. The molecule has 0 unspecified atom stereocenters. The first kappa shape index (κ1) is 10.9. The molecule has 1 aromatic rings. The van der Waals surface area contributed by atoms with E-state index in [0.29, 0.717) is 5.69 Å². The van der Waals surface area contributed by atoms with Crippen LogP contribution in [0.2, 0.25) is 5.28 Å². The Morgan fingerprint density at radius 2 is 2.07 bits per heavy atom. The molecule has 0 atom stereocenters. The summed E-state index contributed by atoms with van der Waals surface area (Å²) in [6, 6.07) is 0. The maximum Gasteiger partial charge on any atom is 0.339 e. The van der Waals surface area contributed by atoms with Crippen LogP contribution in [0.5, 0.6) is 0 Å². The van der Waals surface area contributed by atoms with E-state index < -0.39 is 5.97 Å². The van der Waals surface area contributed by atoms with Gasteiger partial charge >= 0.3 is 5.97 Å². The van der Waals surface area contributed by atoms with Crippen molar-refractivity contribution in [1.29, 1.82) is 0 Å². The van der Waals surface area contributed by atoms with Gasteiger partial charge in [0.05, 0.1) is 11.3 Å². The molecular formula is C9H11ClN2O2. The van der Waals surface area contributed by atoms with Gasteiger partial charge in [0.25, 0.3) is 0 Å². The third-order valence-corrected chi connectivity index (χ3v) is 1.88. The maximum absolute atomic E-state index is 10.9. The third-order valence-electron chi connectivity index (χ3n) is 1.70. The number of hydrogen-bond acceptors (Lipinski definition) is 3. The molecule has 5 heteroatoms. The minimum Gasteiger partial charge on any atom is -0.478 e. The Balaban J connectivity index is 3.38. The van der Waals surface area contributed by atoms with E-state index in [0.717, 1.165) is 0 Å². The lowest BCUT2D eigenvalue weighted by Gasteiger charge is -2.19. The largest absolute Gasteiger partial charge is 0.478 e. The van der Waals surface area contributed by atoms with Crippen molar-refractivity contribution in [3.63, 3.8) is 0 Å². The van der Waals surface area contributed by atoms with E-state index in [1.54, 1.807) is 0 Å². The van der Waals surface area contributed by atoms with Crippen LogP contribution in [0.25, 0.3) is 0 Å². The van der Waals surface area contributed by atoms with Crippen molar-refractivity contribution in [3.05, 3.63) is 22.7 Å². The Bertz CT molecular complexity index is 372. The molecule has 1 aromatic heterocycles. The molecule has 1 N–H and O–H groups in total. The fourth-order valence-corrected chi connectivity index (χ4v) is 1.22. The molecule has 0 saturated carbocycles. The second-order valence-electron chi connectivity index (χ2n) is 3.96. The predicted octanol–water partition coefficient (Wildman–Crippen LogP) is 2.13. The molecule has 0 spiro atoms. The van der Waals surface area contributed by atoms with E-state index in [9.17, 15) is 4.79 Å². The van der Waals surface area contributed by atoms with Gasteiger partial charge in [0.1, 0.15) is 0 Å². The minimum absolute atomic E-state index is 0.0694. The average molecular weight is 215 g/mol. The highest BCUT2D eigenvalue weighted by atomic mass is 35.5. The highest BCUT2D eigenvalue weighted by Gasteiger charge is 2.24. The van der Waals surface area contributed by atoms with Crippen LogP contribution in [-0.2, 0) is 5.41 Å². The van der Waals surface area contributed by atoms with Gasteiger partial charge in [-0.2, -0.15) is 0 Å². The van der Waals surface area contributed by atoms with Gasteiger partial charge in [-0.1, -0.05) is 20.8 Å². The first-order chi connectivity index (χ1) is 6.32. The second-order valence-corrected chi connectivity index (χ2v) is 4.29. The molecular weight excluding hydrogens is 204 g/mol. The van der Waals surface area contributed by atoms with Crippen molar-refractivity contribution < 1.29 is 9.90 Å². The van der Waals surface area contributed by atoms with Gasteiger partial charge in [-0.15, -0.1) is 0 Å². The van der Waals surface area contributed by atoms with Gasteiger partial charge in [0.15, 0.2) is 0 Å². The van der Waals surface area contributed by atoms with Gasteiger partial charge in [0, 0.05) is 11.6 Å². The van der Waals surface area contributed by atoms with Crippen LogP contribution in [0.1, 0.15) is 36.8 Å². The maximum atomic E-state index is 10.9. The fraction of sp³-hybridized carbons (Fsp3) is 0.444. The summed E-state index contributed by atoms with van der Waals surface area (Å²) in [6.45, 7) is 5.62. The number of hydrogen-bond donors (Lipinski definition) is 1. The van der Waals surface area contributed by atoms with Crippen LogP contribution in [0, 0.1) is 0 Å². The summed E-state index contributed by atoms with van der Waals surface area (Å²) >= 11 is 5.61. The number of aromatic carboxylic acids is 1. The molecule has 0 radical (unpaired) electrons. The van der Waals surface area contributed by atoms with Crippen molar-refractivity contribution in [1.82, 2.24) is 9.97 Å². The standard InChI is InChI=1S/C9H11ClN2O2/c1-9(2,3)6-5(7(13)14)4-11-8(10)12-6/h4H,1-3H3,(H,13,14). The van der Waals surface area contributed by atoms with Crippen molar-refractivity contribution in [2.75, 3.05) is 0 Å². The SMILES string of the molecule is CC(C)(C)c1nc(Cl)ncc1C(=O)O. The summed E-state index contributed by atoms with van der Waals surface area (Å²) in [4.78, 5) is 18.4. The lowest BCUT2D eigenvalue weighted by Crippen LogP contribution is -2.19. The number of aromatic nitrogens is 2. The van der Waals surface area contributed by atoms with E-state index in [1.165, 1.54) is 6.20 Å². The summed E-state index contributed by atoms with van der Waals surface area (Å²) in [5, 5.41) is 8.97. The number of halogens is 1. The Labute approximate surface area is 87.0 Å². The summed E-state index contributed by atoms with van der Waals surface area (Å²) in [6.07, 6.45) is 1.23. The van der Waals surface area contributed by atoms with E-state index in [-0.39, 0.29) is 16.3 Å². The molecule has 0 saturated heterocycles. The number of carbonyl (C=O) groups is 1. The van der Waals surface area contributed by atoms with Gasteiger partial charge in [0.2, 0.25) is 5.28 Å². The lowest BCUT2D eigenvalue weighted by atomic mass is 9.89. The summed E-state index contributed by atoms with van der Waals surface area (Å²) < 4.78 is 0. The van der Waals surface area contributed by atoms with E-state index in [2.05, 4.69) is 9.97 Å². The van der Waals surface area contributed by atoms with Crippen LogP contribution < -0.4 is 0 Å². The predicted molar refractivity (Wildman–Crippen MR) is 52.7 cm³/mol. The Hall–Kier alpha value is -1.16. The van der Waals surface area contributed by atoms with Gasteiger partial charge in [-0.3, -0.25) is 0 Å². The fourth-order valence-electron chi connectivity index (χ4n) is 1.09. The van der Waals surface area contributed by atoms with Crippen molar-refractivity contribution in [3.8, 4) is 0 Å². The number of carboxylic acid groups (broad SMARTS) is 1. The summed E-state index contributed by atoms with van der Waals surface area (Å²) in [7, 11) is 0. The third kappa shape index (κ3) is 2.20. The quantitative estimate of drug-likeness (QED) is 0.728. The smallest absolute Gasteiger partial charge is 0.339 e. The normalized spacial score (nSPS) is 11.4. The molecule has 4 nitrogen and oxygen atoms in total. The Morgan fingerprint density at radius 1 is 1.50 bits per heavy atom. The van der Waals surface area contributed by atoms with Crippen molar-refractivity contribution in [2.45, 2.75) is 26.2 Å². The van der Waals surface area contributed by atoms with E-state index in [4.69, 9.17) is 16.7 Å². The lowest BCUT2D eigenvalue weighted by molar-refractivity contribution is 0.0693. The van der Waals surface area contributed by atoms with Crippen LogP contribution >= 0.6 is 11.6 Å². The Morgan fingerprint density at radius 3 is 2.50 bits per heavy atom. The first-order valence-corrected chi connectivity index (χ1v) is 4.46. The zero-order valence-corrected chi connectivity index (χ0v) is 8.96. The second kappa shape index (κ2) is 3.53. The molecule has 1 rings (SSSR count). The van der Waals surface area contributed by atoms with E-state index in [1.807, 2.05) is 20.8 Å². The minimum atomic E-state index is -1.04. The van der Waals surface area contributed by atoms with Crippen LogP contribution in [0.3, 0.4) is 0 Å². The summed E-state index contributed by atoms with van der Waals surface area (Å²) in [5.74, 6) is -1.04. The molecule has 1 heterocycles. The molecule has 0 fully saturated rings. The highest BCUT2D eigenvalue weighted by molar-refractivity contribution is 6.28. The van der Waals surface area contributed by atoms with Crippen LogP contribution in [-0.4, -0.2) is 21.0 Å². The topological polar surface area (TPSA) is 63.1 Å². The summed E-state index contributed by atoms with van der Waals surface area (Å²) in [5.41, 5.74) is 0.187. The zero-order valence-electron chi connectivity index (χ0n) is 8.21. The van der Waals surface area contributed by atoms with Crippen molar-refractivity contribution in [2.24, 2.45) is 0 Å². The molecule has 0 aromatic carbocycles. The molecule has 0 bridgehead atoms. The number of nitrogens with zero attached hydrogens (tertiary/aromatic N) is 2. The zero-order chi connectivity index (χ0) is 10.9. The molecule has 0 aliphatic carbocycles. The molecule has 0 aliphatic heterocycles. The van der Waals surface area contributed by atoms with Crippen molar-refractivity contribution >= 4 is 17.6 Å². The highest BCUT2D eigenvalue weighted by Crippen LogP contribution is 2.24. The average Bonchev–Trinajstić information content (AvgIpc) is 2.01. The monoisotopic (exact) mass is 214 g/mol. The van der Waals surface area contributed by atoms with E-state index >= 15 is 0 Å². The van der Waals surface area contributed by atoms with Gasteiger partial charge < -0.3 is 5.11 Å². The Kier molecular flexibility index (Phi) is 2.76. The number of carboxylic acids is 1. The van der Waals surface area contributed by atoms with Gasteiger partial charge in [-0.25, -0.2) is 14.8 Å². The van der Waals surface area contributed by atoms with Crippen LogP contribution in [0.15, 0.2) is 6.20 Å². The van der Waals surface area contributed by atoms with Crippen LogP contribution in [0.4, 0.5) is 0 Å². The molecule has 0 amide bonds.